The molecule has 0 saturated carbocycles. The van der Waals surface area contributed by atoms with Crippen LogP contribution in [0.1, 0.15) is 0 Å². The minimum atomic E-state index is 0.915. The SMILES string of the molecule is c1ccc2c(c1)Oc1cccc(Sc3cccc4c3Sc3ccccc3O4)c1S2. The molecular weight excluding hydrogens is 416 g/mol. The third-order valence-corrected chi connectivity index (χ3v) is 8.41. The van der Waals surface area contributed by atoms with Gasteiger partial charge in [-0.3, -0.25) is 0 Å². The number of ether oxygens (including phenoxy) is 2. The van der Waals surface area contributed by atoms with Gasteiger partial charge >= 0.3 is 0 Å². The van der Waals surface area contributed by atoms with Gasteiger partial charge in [0.15, 0.2) is 0 Å². The first-order valence-corrected chi connectivity index (χ1v) is 11.6. The van der Waals surface area contributed by atoms with Crippen LogP contribution in [0.4, 0.5) is 0 Å². The van der Waals surface area contributed by atoms with Gasteiger partial charge < -0.3 is 9.47 Å². The minimum Gasteiger partial charge on any atom is -0.455 e. The first-order valence-electron chi connectivity index (χ1n) is 9.18. The summed E-state index contributed by atoms with van der Waals surface area (Å²) >= 11 is 5.31. The van der Waals surface area contributed by atoms with E-state index in [0.717, 1.165) is 42.6 Å². The molecule has 6 rings (SSSR count). The Bertz CT molecular complexity index is 1160. The highest BCUT2D eigenvalue weighted by molar-refractivity contribution is 8.03. The number of fused-ring (bicyclic) bond motifs is 4. The zero-order chi connectivity index (χ0) is 19.2. The maximum Gasteiger partial charge on any atom is 0.142 e. The first kappa shape index (κ1) is 17.4. The van der Waals surface area contributed by atoms with Crippen molar-refractivity contribution in [2.45, 2.75) is 29.4 Å². The van der Waals surface area contributed by atoms with Crippen molar-refractivity contribution in [2.24, 2.45) is 0 Å². The smallest absolute Gasteiger partial charge is 0.142 e. The van der Waals surface area contributed by atoms with Gasteiger partial charge in [0.25, 0.3) is 0 Å². The van der Waals surface area contributed by atoms with Crippen LogP contribution in [0.2, 0.25) is 0 Å². The summed E-state index contributed by atoms with van der Waals surface area (Å²) in [5.74, 6) is 3.67. The molecule has 2 nitrogen and oxygen atoms in total. The topological polar surface area (TPSA) is 18.5 Å². The van der Waals surface area contributed by atoms with Crippen molar-refractivity contribution in [3.8, 4) is 23.0 Å². The van der Waals surface area contributed by atoms with Crippen LogP contribution in [-0.2, 0) is 0 Å². The average Bonchev–Trinajstić information content (AvgIpc) is 2.77. The summed E-state index contributed by atoms with van der Waals surface area (Å²) in [5, 5.41) is 0. The summed E-state index contributed by atoms with van der Waals surface area (Å²) in [5.41, 5.74) is 0. The van der Waals surface area contributed by atoms with E-state index < -0.39 is 0 Å². The van der Waals surface area contributed by atoms with E-state index in [2.05, 4.69) is 48.5 Å². The van der Waals surface area contributed by atoms with Crippen LogP contribution < -0.4 is 9.47 Å². The van der Waals surface area contributed by atoms with Crippen molar-refractivity contribution < 1.29 is 9.47 Å². The Balaban J connectivity index is 1.38. The second kappa shape index (κ2) is 7.10. The average molecular weight is 431 g/mol. The molecule has 0 saturated heterocycles. The lowest BCUT2D eigenvalue weighted by atomic mass is 10.3. The van der Waals surface area contributed by atoms with Crippen LogP contribution in [0, 0.1) is 0 Å². The lowest BCUT2D eigenvalue weighted by molar-refractivity contribution is 0.451. The van der Waals surface area contributed by atoms with E-state index in [-0.39, 0.29) is 0 Å². The number of hydrogen-bond donors (Lipinski definition) is 0. The molecule has 4 aromatic rings. The molecule has 4 aromatic carbocycles. The van der Waals surface area contributed by atoms with Crippen LogP contribution in [0.25, 0.3) is 0 Å². The fourth-order valence-electron chi connectivity index (χ4n) is 3.33. The highest BCUT2D eigenvalue weighted by Crippen LogP contribution is 2.55. The third kappa shape index (κ3) is 3.10. The third-order valence-electron chi connectivity index (χ3n) is 4.67. The van der Waals surface area contributed by atoms with Crippen molar-refractivity contribution in [3.63, 3.8) is 0 Å². The molecule has 0 N–H and O–H groups in total. The Morgan fingerprint density at radius 3 is 1.45 bits per heavy atom. The second-order valence-corrected chi connectivity index (χ2v) is 9.76. The van der Waals surface area contributed by atoms with E-state index in [0.29, 0.717) is 0 Å². The van der Waals surface area contributed by atoms with Gasteiger partial charge in [0.2, 0.25) is 0 Å². The first-order chi connectivity index (χ1) is 14.3. The van der Waals surface area contributed by atoms with Crippen LogP contribution in [-0.4, -0.2) is 0 Å². The molecule has 0 atom stereocenters. The molecule has 2 aliphatic rings. The maximum absolute atomic E-state index is 6.15. The molecule has 0 aliphatic carbocycles. The van der Waals surface area contributed by atoms with Crippen LogP contribution in [0.15, 0.2) is 114 Å². The van der Waals surface area contributed by atoms with Gasteiger partial charge in [-0.25, -0.2) is 0 Å². The highest BCUT2D eigenvalue weighted by Gasteiger charge is 2.24. The molecule has 140 valence electrons. The summed E-state index contributed by atoms with van der Waals surface area (Å²) in [7, 11) is 0. The molecule has 0 bridgehead atoms. The quantitative estimate of drug-likeness (QED) is 0.274. The van der Waals surface area contributed by atoms with E-state index in [9.17, 15) is 0 Å². The van der Waals surface area contributed by atoms with E-state index in [1.165, 1.54) is 9.79 Å². The fraction of sp³-hybridized carbons (Fsp3) is 0. The van der Waals surface area contributed by atoms with E-state index in [4.69, 9.17) is 9.47 Å². The largest absolute Gasteiger partial charge is 0.455 e. The van der Waals surface area contributed by atoms with Crippen molar-refractivity contribution in [3.05, 3.63) is 84.9 Å². The molecule has 0 fully saturated rings. The molecule has 2 heterocycles. The molecular formula is C24H14O2S3. The second-order valence-electron chi connectivity index (χ2n) is 6.57. The molecule has 0 radical (unpaired) electrons. The van der Waals surface area contributed by atoms with Crippen molar-refractivity contribution >= 4 is 35.3 Å². The van der Waals surface area contributed by atoms with Gasteiger partial charge in [0, 0.05) is 9.79 Å². The lowest BCUT2D eigenvalue weighted by Crippen LogP contribution is -1.97. The number of para-hydroxylation sites is 2. The van der Waals surface area contributed by atoms with Gasteiger partial charge in [-0.1, -0.05) is 71.7 Å². The molecule has 29 heavy (non-hydrogen) atoms. The van der Waals surface area contributed by atoms with E-state index in [1.807, 2.05) is 36.4 Å². The fourth-order valence-corrected chi connectivity index (χ4v) is 6.66. The van der Waals surface area contributed by atoms with E-state index >= 15 is 0 Å². The normalized spacial score (nSPS) is 13.2. The summed E-state index contributed by atoms with van der Waals surface area (Å²) < 4.78 is 12.3. The Hall–Kier alpha value is -2.47. The Labute approximate surface area is 181 Å². The highest BCUT2D eigenvalue weighted by atomic mass is 32.2. The Morgan fingerprint density at radius 2 is 0.931 bits per heavy atom. The van der Waals surface area contributed by atoms with Gasteiger partial charge in [0.1, 0.15) is 23.0 Å². The molecule has 0 aromatic heterocycles. The number of benzene rings is 4. The van der Waals surface area contributed by atoms with E-state index in [1.54, 1.807) is 35.3 Å². The zero-order valence-electron chi connectivity index (χ0n) is 15.1. The number of hydrogen-bond acceptors (Lipinski definition) is 5. The van der Waals surface area contributed by atoms with Gasteiger partial charge in [-0.15, -0.1) is 0 Å². The van der Waals surface area contributed by atoms with Crippen LogP contribution in [0.3, 0.4) is 0 Å². The van der Waals surface area contributed by atoms with Crippen molar-refractivity contribution in [1.82, 2.24) is 0 Å². The molecule has 5 heteroatoms. The van der Waals surface area contributed by atoms with Gasteiger partial charge in [0.05, 0.1) is 19.6 Å². The Morgan fingerprint density at radius 1 is 0.483 bits per heavy atom. The van der Waals surface area contributed by atoms with Gasteiger partial charge in [-0.2, -0.15) is 0 Å². The van der Waals surface area contributed by atoms with Crippen LogP contribution >= 0.6 is 35.3 Å². The van der Waals surface area contributed by atoms with Crippen molar-refractivity contribution in [1.29, 1.82) is 0 Å². The Kier molecular flexibility index (Phi) is 4.26. The zero-order valence-corrected chi connectivity index (χ0v) is 17.6. The molecule has 0 spiro atoms. The molecule has 0 amide bonds. The standard InChI is InChI=1S/C24H14O2S3/c1-3-11-19-15(7-1)25-17-9-5-13-21(23(17)28-19)27-22-14-6-10-18-24(22)29-20-12-4-2-8-16(20)26-18/h1-14H. The van der Waals surface area contributed by atoms with Crippen molar-refractivity contribution in [2.75, 3.05) is 0 Å². The summed E-state index contributed by atoms with van der Waals surface area (Å²) in [6.07, 6.45) is 0. The summed E-state index contributed by atoms with van der Waals surface area (Å²) in [4.78, 5) is 7.00. The minimum absolute atomic E-state index is 0.915. The predicted octanol–water partition coefficient (Wildman–Crippen LogP) is 8.35. The molecule has 2 aliphatic heterocycles. The van der Waals surface area contributed by atoms with Crippen LogP contribution in [0.5, 0.6) is 23.0 Å². The monoisotopic (exact) mass is 430 g/mol. The summed E-state index contributed by atoms with van der Waals surface area (Å²) in [6.45, 7) is 0. The summed E-state index contributed by atoms with van der Waals surface area (Å²) in [6, 6.07) is 28.9. The maximum atomic E-state index is 6.15. The predicted molar refractivity (Wildman–Crippen MR) is 118 cm³/mol. The molecule has 0 unspecified atom stereocenters. The lowest BCUT2D eigenvalue weighted by Gasteiger charge is -2.23. The van der Waals surface area contributed by atoms with Gasteiger partial charge in [-0.05, 0) is 48.5 Å². The number of rotatable bonds is 2.